The second-order valence-electron chi connectivity index (χ2n) is 3.88. The first-order valence-corrected chi connectivity index (χ1v) is 5.40. The number of hydrazine groups is 1. The van der Waals surface area contributed by atoms with Crippen LogP contribution in [0.5, 0.6) is 0 Å². The molecule has 0 aliphatic heterocycles. The first-order valence-electron chi connectivity index (χ1n) is 5.40. The maximum atomic E-state index is 5.47. The van der Waals surface area contributed by atoms with Crippen molar-refractivity contribution in [3.05, 3.63) is 0 Å². The molecule has 3 nitrogen and oxygen atoms in total. The molecule has 1 unspecified atom stereocenters. The Morgan fingerprint density at radius 2 is 2.31 bits per heavy atom. The van der Waals surface area contributed by atoms with Crippen LogP contribution >= 0.6 is 0 Å². The van der Waals surface area contributed by atoms with Gasteiger partial charge in [0.25, 0.3) is 0 Å². The summed E-state index contributed by atoms with van der Waals surface area (Å²) in [6, 6.07) is 0.507. The van der Waals surface area contributed by atoms with Crippen LogP contribution in [-0.4, -0.2) is 19.3 Å². The van der Waals surface area contributed by atoms with E-state index in [1.54, 1.807) is 0 Å². The lowest BCUT2D eigenvalue weighted by molar-refractivity contribution is 0.140. The summed E-state index contributed by atoms with van der Waals surface area (Å²) in [6.45, 7) is 3.73. The summed E-state index contributed by atoms with van der Waals surface area (Å²) < 4.78 is 5.28. The first-order chi connectivity index (χ1) is 6.36. The van der Waals surface area contributed by atoms with Crippen LogP contribution in [0.4, 0.5) is 0 Å². The molecule has 0 radical (unpaired) electrons. The number of nitrogens with two attached hydrogens (primary N) is 1. The standard InChI is InChI=1S/C10H22N2O/c1-2-13-7-3-4-10(12-11)8-9-5-6-9/h9-10,12H,2-8,11H2,1H3. The minimum absolute atomic E-state index is 0.507. The summed E-state index contributed by atoms with van der Waals surface area (Å²) in [5.41, 5.74) is 2.89. The molecule has 1 aliphatic rings. The average Bonchev–Trinajstić information content (AvgIpc) is 2.94. The number of hydrogen-bond acceptors (Lipinski definition) is 3. The van der Waals surface area contributed by atoms with E-state index in [4.69, 9.17) is 10.6 Å². The Kier molecular flexibility index (Phi) is 5.35. The van der Waals surface area contributed by atoms with Gasteiger partial charge in [-0.1, -0.05) is 12.8 Å². The van der Waals surface area contributed by atoms with Crippen LogP contribution in [0.2, 0.25) is 0 Å². The molecule has 1 saturated carbocycles. The molecule has 0 spiro atoms. The predicted molar refractivity (Wildman–Crippen MR) is 54.2 cm³/mol. The molecule has 0 aromatic heterocycles. The minimum atomic E-state index is 0.507. The molecular weight excluding hydrogens is 164 g/mol. The first kappa shape index (κ1) is 11.0. The lowest BCUT2D eigenvalue weighted by Gasteiger charge is -2.14. The molecule has 13 heavy (non-hydrogen) atoms. The van der Waals surface area contributed by atoms with Gasteiger partial charge in [-0.05, 0) is 32.1 Å². The zero-order valence-corrected chi connectivity index (χ0v) is 8.59. The van der Waals surface area contributed by atoms with Crippen LogP contribution in [0.3, 0.4) is 0 Å². The van der Waals surface area contributed by atoms with E-state index in [2.05, 4.69) is 5.43 Å². The molecule has 78 valence electrons. The van der Waals surface area contributed by atoms with Gasteiger partial charge in [0.15, 0.2) is 0 Å². The molecule has 1 rings (SSSR count). The topological polar surface area (TPSA) is 47.3 Å². The summed E-state index contributed by atoms with van der Waals surface area (Å²) in [7, 11) is 0. The van der Waals surface area contributed by atoms with E-state index < -0.39 is 0 Å². The third-order valence-electron chi connectivity index (χ3n) is 2.60. The Morgan fingerprint density at radius 1 is 1.54 bits per heavy atom. The molecule has 0 amide bonds. The van der Waals surface area contributed by atoms with Crippen molar-refractivity contribution in [1.29, 1.82) is 0 Å². The van der Waals surface area contributed by atoms with Crippen molar-refractivity contribution >= 4 is 0 Å². The zero-order chi connectivity index (χ0) is 9.52. The average molecular weight is 186 g/mol. The van der Waals surface area contributed by atoms with Gasteiger partial charge in [-0.3, -0.25) is 11.3 Å². The maximum Gasteiger partial charge on any atom is 0.0466 e. The fourth-order valence-electron chi connectivity index (χ4n) is 1.60. The number of hydrogen-bond donors (Lipinski definition) is 2. The fraction of sp³-hybridized carbons (Fsp3) is 1.00. The van der Waals surface area contributed by atoms with Crippen LogP contribution in [-0.2, 0) is 4.74 Å². The van der Waals surface area contributed by atoms with Crippen LogP contribution in [0.1, 0.15) is 39.0 Å². The summed E-state index contributed by atoms with van der Waals surface area (Å²) in [5.74, 6) is 6.42. The smallest absolute Gasteiger partial charge is 0.0466 e. The van der Waals surface area contributed by atoms with Gasteiger partial charge in [-0.2, -0.15) is 0 Å². The number of rotatable bonds is 8. The Morgan fingerprint density at radius 3 is 2.85 bits per heavy atom. The van der Waals surface area contributed by atoms with Crippen LogP contribution in [0.25, 0.3) is 0 Å². The predicted octanol–water partition coefficient (Wildman–Crippen LogP) is 1.44. The van der Waals surface area contributed by atoms with E-state index in [1.807, 2.05) is 6.92 Å². The van der Waals surface area contributed by atoms with Crippen LogP contribution < -0.4 is 11.3 Å². The van der Waals surface area contributed by atoms with E-state index in [-0.39, 0.29) is 0 Å². The number of nitrogens with one attached hydrogen (secondary N) is 1. The Labute approximate surface area is 81.0 Å². The molecule has 0 aromatic rings. The fourth-order valence-corrected chi connectivity index (χ4v) is 1.60. The Balaban J connectivity index is 1.94. The molecule has 3 heteroatoms. The number of ether oxygens (including phenoxy) is 1. The highest BCUT2D eigenvalue weighted by molar-refractivity contribution is 4.78. The minimum Gasteiger partial charge on any atom is -0.382 e. The monoisotopic (exact) mass is 186 g/mol. The normalized spacial score (nSPS) is 18.9. The summed E-state index contributed by atoms with van der Waals surface area (Å²) in [5, 5.41) is 0. The molecule has 0 saturated heterocycles. The van der Waals surface area contributed by atoms with Gasteiger partial charge < -0.3 is 4.74 Å². The van der Waals surface area contributed by atoms with Crippen LogP contribution in [0, 0.1) is 5.92 Å². The van der Waals surface area contributed by atoms with Crippen molar-refractivity contribution < 1.29 is 4.74 Å². The molecule has 1 aliphatic carbocycles. The van der Waals surface area contributed by atoms with E-state index in [0.29, 0.717) is 6.04 Å². The second-order valence-corrected chi connectivity index (χ2v) is 3.88. The third kappa shape index (κ3) is 5.24. The lowest BCUT2D eigenvalue weighted by Crippen LogP contribution is -2.35. The van der Waals surface area contributed by atoms with E-state index in [9.17, 15) is 0 Å². The van der Waals surface area contributed by atoms with E-state index >= 15 is 0 Å². The van der Waals surface area contributed by atoms with Crippen molar-refractivity contribution in [3.63, 3.8) is 0 Å². The molecule has 0 bridgehead atoms. The van der Waals surface area contributed by atoms with Gasteiger partial charge in [0, 0.05) is 19.3 Å². The van der Waals surface area contributed by atoms with Crippen molar-refractivity contribution in [2.24, 2.45) is 11.8 Å². The Hall–Kier alpha value is -0.120. The highest BCUT2D eigenvalue weighted by atomic mass is 16.5. The quantitative estimate of drug-likeness (QED) is 0.342. The molecule has 3 N–H and O–H groups in total. The van der Waals surface area contributed by atoms with Gasteiger partial charge in [0.1, 0.15) is 0 Å². The largest absolute Gasteiger partial charge is 0.382 e. The van der Waals surface area contributed by atoms with E-state index in [1.165, 1.54) is 19.3 Å². The zero-order valence-electron chi connectivity index (χ0n) is 8.59. The summed E-state index contributed by atoms with van der Waals surface area (Å²) in [4.78, 5) is 0. The lowest BCUT2D eigenvalue weighted by atomic mass is 10.1. The van der Waals surface area contributed by atoms with Crippen LogP contribution in [0.15, 0.2) is 0 Å². The molecule has 1 fully saturated rings. The van der Waals surface area contributed by atoms with Crippen molar-refractivity contribution in [3.8, 4) is 0 Å². The van der Waals surface area contributed by atoms with E-state index in [0.717, 1.165) is 32.0 Å². The Bertz CT molecular complexity index is 126. The highest BCUT2D eigenvalue weighted by Gasteiger charge is 2.24. The molecular formula is C10H22N2O. The van der Waals surface area contributed by atoms with Crippen molar-refractivity contribution in [2.45, 2.75) is 45.1 Å². The molecule has 1 atom stereocenters. The summed E-state index contributed by atoms with van der Waals surface area (Å²) in [6.07, 6.45) is 6.33. The van der Waals surface area contributed by atoms with Gasteiger partial charge in [-0.25, -0.2) is 0 Å². The van der Waals surface area contributed by atoms with Gasteiger partial charge in [0.2, 0.25) is 0 Å². The molecule has 0 heterocycles. The van der Waals surface area contributed by atoms with Gasteiger partial charge in [0.05, 0.1) is 0 Å². The van der Waals surface area contributed by atoms with Gasteiger partial charge in [-0.15, -0.1) is 0 Å². The highest BCUT2D eigenvalue weighted by Crippen LogP contribution is 2.34. The summed E-state index contributed by atoms with van der Waals surface area (Å²) >= 11 is 0. The third-order valence-corrected chi connectivity index (χ3v) is 2.60. The molecule has 0 aromatic carbocycles. The SMILES string of the molecule is CCOCCCC(CC1CC1)NN. The van der Waals surface area contributed by atoms with Gasteiger partial charge >= 0.3 is 0 Å². The van der Waals surface area contributed by atoms with Crippen molar-refractivity contribution in [2.75, 3.05) is 13.2 Å². The van der Waals surface area contributed by atoms with Crippen molar-refractivity contribution in [1.82, 2.24) is 5.43 Å². The maximum absolute atomic E-state index is 5.47. The second kappa shape index (κ2) is 6.35.